The van der Waals surface area contributed by atoms with E-state index in [2.05, 4.69) is 231 Å². The highest BCUT2D eigenvalue weighted by atomic mass is 14.9. The molecule has 0 bridgehead atoms. The van der Waals surface area contributed by atoms with Gasteiger partial charge in [0.05, 0.1) is 16.8 Å². The minimum atomic E-state index is -0.443. The van der Waals surface area contributed by atoms with Crippen LogP contribution in [0.5, 0.6) is 0 Å². The molecule has 1 aliphatic carbocycles. The van der Waals surface area contributed by atoms with Crippen LogP contribution >= 0.6 is 0 Å². The molecule has 11 rings (SSSR count). The van der Waals surface area contributed by atoms with E-state index in [0.29, 0.717) is 5.82 Å². The topological polar surface area (TPSA) is 25.8 Å². The van der Waals surface area contributed by atoms with Crippen molar-refractivity contribution in [3.05, 3.63) is 265 Å². The van der Waals surface area contributed by atoms with Crippen LogP contribution in [0.25, 0.3) is 78.4 Å². The summed E-state index contributed by atoms with van der Waals surface area (Å²) in [5.74, 6) is 0.701. The summed E-state index contributed by atoms with van der Waals surface area (Å²) < 4.78 is 0. The SMILES string of the molecule is c1ccc(-c2cc(-c3ccccc3)nc(-c3cccc(-c4cccc(-c5cccc(-c6ccc7c(c6)C(c6ccccc6)(c6ccccc6)c6ccccc6-7)c5)c4)c3)n2)cc1. The van der Waals surface area contributed by atoms with Crippen molar-refractivity contribution in [2.75, 3.05) is 0 Å². The number of hydrogen-bond donors (Lipinski definition) is 0. The average molecular weight is 777 g/mol. The zero-order valence-electron chi connectivity index (χ0n) is 33.5. The molecule has 2 nitrogen and oxygen atoms in total. The molecule has 0 spiro atoms. The van der Waals surface area contributed by atoms with Crippen molar-refractivity contribution in [3.8, 4) is 78.4 Å². The Kier molecular flexibility index (Phi) is 9.09. The Hall–Kier alpha value is -7.94. The number of nitrogens with zero attached hydrogens (tertiary/aromatic N) is 2. The van der Waals surface area contributed by atoms with Gasteiger partial charge in [0.25, 0.3) is 0 Å². The molecule has 0 saturated carbocycles. The van der Waals surface area contributed by atoms with E-state index in [4.69, 9.17) is 9.97 Å². The van der Waals surface area contributed by atoms with Crippen molar-refractivity contribution in [2.24, 2.45) is 0 Å². The van der Waals surface area contributed by atoms with Crippen LogP contribution in [-0.2, 0) is 5.41 Å². The van der Waals surface area contributed by atoms with E-state index in [1.54, 1.807) is 0 Å². The third-order valence-corrected chi connectivity index (χ3v) is 12.2. The molecule has 1 aliphatic rings. The Morgan fingerprint density at radius 3 is 1.13 bits per heavy atom. The lowest BCUT2D eigenvalue weighted by Crippen LogP contribution is -2.28. The van der Waals surface area contributed by atoms with E-state index in [9.17, 15) is 0 Å². The lowest BCUT2D eigenvalue weighted by atomic mass is 9.67. The Morgan fingerprint density at radius 1 is 0.246 bits per heavy atom. The summed E-state index contributed by atoms with van der Waals surface area (Å²) in [4.78, 5) is 10.2. The van der Waals surface area contributed by atoms with Crippen molar-refractivity contribution < 1.29 is 0 Å². The molecular weight excluding hydrogens is 737 g/mol. The van der Waals surface area contributed by atoms with Crippen LogP contribution in [0.15, 0.2) is 243 Å². The summed E-state index contributed by atoms with van der Waals surface area (Å²) in [5.41, 5.74) is 19.2. The molecule has 0 fully saturated rings. The smallest absolute Gasteiger partial charge is 0.160 e. The van der Waals surface area contributed by atoms with Crippen molar-refractivity contribution >= 4 is 0 Å². The summed E-state index contributed by atoms with van der Waals surface area (Å²) in [6.45, 7) is 0. The van der Waals surface area contributed by atoms with Gasteiger partial charge in [-0.25, -0.2) is 9.97 Å². The van der Waals surface area contributed by atoms with Crippen LogP contribution in [0.3, 0.4) is 0 Å². The molecule has 0 saturated heterocycles. The van der Waals surface area contributed by atoms with Gasteiger partial charge in [-0.15, -0.1) is 0 Å². The maximum Gasteiger partial charge on any atom is 0.160 e. The van der Waals surface area contributed by atoms with E-state index in [1.165, 1.54) is 50.1 Å². The molecule has 0 atom stereocenters. The third kappa shape index (κ3) is 6.46. The molecule has 1 aromatic heterocycles. The van der Waals surface area contributed by atoms with Crippen molar-refractivity contribution in [1.29, 1.82) is 0 Å². The monoisotopic (exact) mass is 776 g/mol. The number of fused-ring (bicyclic) bond motifs is 3. The van der Waals surface area contributed by atoms with Crippen LogP contribution in [-0.4, -0.2) is 9.97 Å². The van der Waals surface area contributed by atoms with Crippen molar-refractivity contribution in [3.63, 3.8) is 0 Å². The minimum absolute atomic E-state index is 0.443. The van der Waals surface area contributed by atoms with Crippen LogP contribution in [0, 0.1) is 0 Å². The first-order chi connectivity index (χ1) is 30.2. The maximum absolute atomic E-state index is 5.10. The largest absolute Gasteiger partial charge is 0.228 e. The zero-order valence-corrected chi connectivity index (χ0v) is 33.5. The summed E-state index contributed by atoms with van der Waals surface area (Å²) in [5, 5.41) is 0. The summed E-state index contributed by atoms with van der Waals surface area (Å²) in [6, 6.07) is 87.2. The molecular formula is C59H40N2. The van der Waals surface area contributed by atoms with Crippen LogP contribution < -0.4 is 0 Å². The number of benzene rings is 9. The predicted octanol–water partition coefficient (Wildman–Crippen LogP) is 14.8. The lowest BCUT2D eigenvalue weighted by molar-refractivity contribution is 0.769. The fraction of sp³-hybridized carbons (Fsp3) is 0.0169. The molecule has 286 valence electrons. The Labute approximate surface area is 357 Å². The molecule has 61 heavy (non-hydrogen) atoms. The standard InChI is InChI=1S/C59H40N2/c1-5-18-41(19-6-1)56-40-57(42-20-7-2-8-21-42)61-58(60-56)49-27-17-26-47(38-49)45-24-15-22-43(36-45)44-23-16-25-46(37-44)48-34-35-53-52-32-13-14-33-54(52)59(55(53)39-48,50-28-9-3-10-29-50)51-30-11-4-12-31-51/h1-40H. The van der Waals surface area contributed by atoms with Gasteiger partial charge >= 0.3 is 0 Å². The Bertz CT molecular complexity index is 3080. The van der Waals surface area contributed by atoms with E-state index in [1.807, 2.05) is 12.1 Å². The first-order valence-electron chi connectivity index (χ1n) is 20.9. The van der Waals surface area contributed by atoms with Gasteiger partial charge in [0.15, 0.2) is 5.82 Å². The van der Waals surface area contributed by atoms with Crippen molar-refractivity contribution in [2.45, 2.75) is 5.41 Å². The summed E-state index contributed by atoms with van der Waals surface area (Å²) in [6.07, 6.45) is 0. The highest BCUT2D eigenvalue weighted by Crippen LogP contribution is 2.56. The molecule has 0 amide bonds. The van der Waals surface area contributed by atoms with Gasteiger partial charge in [0, 0.05) is 16.7 Å². The normalized spacial score (nSPS) is 12.4. The molecule has 9 aromatic carbocycles. The molecule has 1 heterocycles. The van der Waals surface area contributed by atoms with Gasteiger partial charge < -0.3 is 0 Å². The fourth-order valence-electron chi connectivity index (χ4n) is 9.31. The molecule has 0 radical (unpaired) electrons. The number of aromatic nitrogens is 2. The van der Waals surface area contributed by atoms with Gasteiger partial charge in [0.1, 0.15) is 0 Å². The molecule has 10 aromatic rings. The first kappa shape index (κ1) is 36.2. The van der Waals surface area contributed by atoms with Gasteiger partial charge in [-0.1, -0.05) is 212 Å². The fourth-order valence-corrected chi connectivity index (χ4v) is 9.31. The van der Waals surface area contributed by atoms with Crippen molar-refractivity contribution in [1.82, 2.24) is 9.97 Å². The highest BCUT2D eigenvalue weighted by molar-refractivity contribution is 5.89. The molecule has 0 N–H and O–H groups in total. The predicted molar refractivity (Wildman–Crippen MR) is 252 cm³/mol. The number of hydrogen-bond acceptors (Lipinski definition) is 2. The van der Waals surface area contributed by atoms with E-state index in [0.717, 1.165) is 44.8 Å². The minimum Gasteiger partial charge on any atom is -0.228 e. The van der Waals surface area contributed by atoms with Crippen LogP contribution in [0.1, 0.15) is 22.3 Å². The summed E-state index contributed by atoms with van der Waals surface area (Å²) in [7, 11) is 0. The number of rotatable bonds is 8. The Morgan fingerprint density at radius 2 is 0.623 bits per heavy atom. The maximum atomic E-state index is 5.10. The van der Waals surface area contributed by atoms with Crippen LogP contribution in [0.4, 0.5) is 0 Å². The van der Waals surface area contributed by atoms with Crippen LogP contribution in [0.2, 0.25) is 0 Å². The van der Waals surface area contributed by atoms with E-state index < -0.39 is 5.41 Å². The van der Waals surface area contributed by atoms with E-state index >= 15 is 0 Å². The van der Waals surface area contributed by atoms with Gasteiger partial charge in [-0.2, -0.15) is 0 Å². The third-order valence-electron chi connectivity index (χ3n) is 12.2. The molecule has 2 heteroatoms. The highest BCUT2D eigenvalue weighted by Gasteiger charge is 2.46. The first-order valence-corrected chi connectivity index (χ1v) is 20.9. The average Bonchev–Trinajstić information content (AvgIpc) is 3.65. The molecule has 0 aliphatic heterocycles. The van der Waals surface area contributed by atoms with E-state index in [-0.39, 0.29) is 0 Å². The quantitative estimate of drug-likeness (QED) is 0.154. The molecule has 0 unspecified atom stereocenters. The summed E-state index contributed by atoms with van der Waals surface area (Å²) >= 11 is 0. The second kappa shape index (κ2) is 15.3. The van der Waals surface area contributed by atoms with Gasteiger partial charge in [-0.3, -0.25) is 0 Å². The van der Waals surface area contributed by atoms with Gasteiger partial charge in [-0.05, 0) is 97.1 Å². The van der Waals surface area contributed by atoms with Gasteiger partial charge in [0.2, 0.25) is 0 Å². The lowest BCUT2D eigenvalue weighted by Gasteiger charge is -2.34. The second-order valence-electron chi connectivity index (χ2n) is 15.7. The zero-order chi connectivity index (χ0) is 40.6. The Balaban J connectivity index is 0.971. The second-order valence-corrected chi connectivity index (χ2v) is 15.7.